The molecule has 6 nitrogen and oxygen atoms in total. The molecule has 24 heavy (non-hydrogen) atoms. The summed E-state index contributed by atoms with van der Waals surface area (Å²) in [5.41, 5.74) is 0.514. The number of ether oxygens (including phenoxy) is 1. The molecule has 0 aromatic rings. The first kappa shape index (κ1) is 19.5. The van der Waals surface area contributed by atoms with E-state index in [1.165, 1.54) is 44.8 Å². The van der Waals surface area contributed by atoms with Crippen LogP contribution < -0.4 is 5.32 Å². The van der Waals surface area contributed by atoms with Crippen molar-refractivity contribution in [2.75, 3.05) is 51.4 Å². The summed E-state index contributed by atoms with van der Waals surface area (Å²) in [6.07, 6.45) is 9.36. The fourth-order valence-electron chi connectivity index (χ4n) is 3.78. The van der Waals surface area contributed by atoms with Crippen LogP contribution in [-0.2, 0) is 14.6 Å². The number of nitrogens with one attached hydrogen (secondary N) is 1. The number of rotatable bonds is 7. The van der Waals surface area contributed by atoms with Crippen LogP contribution in [0.1, 0.15) is 45.4 Å². The number of hydrogen-bond acceptors (Lipinski definition) is 4. The molecule has 7 heteroatoms. The van der Waals surface area contributed by atoms with Crippen molar-refractivity contribution in [2.24, 2.45) is 10.4 Å². The van der Waals surface area contributed by atoms with Crippen LogP contribution in [0.2, 0.25) is 0 Å². The van der Waals surface area contributed by atoms with E-state index in [1.54, 1.807) is 0 Å². The second-order valence-corrected chi connectivity index (χ2v) is 9.47. The van der Waals surface area contributed by atoms with Gasteiger partial charge in [0.15, 0.2) is 5.96 Å². The van der Waals surface area contributed by atoms with Crippen LogP contribution in [0.4, 0.5) is 0 Å². The highest BCUT2D eigenvalue weighted by atomic mass is 32.2. The SMILES string of the molecule is CCNC(=NCCOCCS(C)(=O)=O)N1CCC2(CCCCC2)C1. The van der Waals surface area contributed by atoms with Crippen LogP contribution in [0.5, 0.6) is 0 Å². The summed E-state index contributed by atoms with van der Waals surface area (Å²) in [6, 6.07) is 0. The zero-order chi connectivity index (χ0) is 17.5. The van der Waals surface area contributed by atoms with Crippen molar-refractivity contribution < 1.29 is 13.2 Å². The molecule has 1 aliphatic carbocycles. The Morgan fingerprint density at radius 1 is 1.21 bits per heavy atom. The molecule has 0 unspecified atom stereocenters. The highest BCUT2D eigenvalue weighted by Crippen LogP contribution is 2.43. The predicted octanol–water partition coefficient (Wildman–Crippen LogP) is 1.67. The van der Waals surface area contributed by atoms with Gasteiger partial charge < -0.3 is 15.0 Å². The van der Waals surface area contributed by atoms with E-state index in [9.17, 15) is 8.42 Å². The number of likely N-dealkylation sites (tertiary alicyclic amines) is 1. The maximum absolute atomic E-state index is 11.1. The third kappa shape index (κ3) is 6.24. The predicted molar refractivity (Wildman–Crippen MR) is 98.2 cm³/mol. The van der Waals surface area contributed by atoms with E-state index >= 15 is 0 Å². The second-order valence-electron chi connectivity index (χ2n) is 7.21. The molecule has 1 N–H and O–H groups in total. The summed E-state index contributed by atoms with van der Waals surface area (Å²) < 4.78 is 27.5. The summed E-state index contributed by atoms with van der Waals surface area (Å²) in [5, 5.41) is 3.39. The number of sulfone groups is 1. The van der Waals surface area contributed by atoms with Crippen LogP contribution in [0.25, 0.3) is 0 Å². The van der Waals surface area contributed by atoms with Gasteiger partial charge >= 0.3 is 0 Å². The lowest BCUT2D eigenvalue weighted by Gasteiger charge is -2.33. The van der Waals surface area contributed by atoms with Gasteiger partial charge in [0.1, 0.15) is 9.84 Å². The molecule has 2 rings (SSSR count). The highest BCUT2D eigenvalue weighted by Gasteiger charge is 2.39. The van der Waals surface area contributed by atoms with E-state index in [2.05, 4.69) is 22.1 Å². The topological polar surface area (TPSA) is 71.0 Å². The minimum Gasteiger partial charge on any atom is -0.378 e. The molecule has 1 saturated carbocycles. The van der Waals surface area contributed by atoms with Gasteiger partial charge in [-0.2, -0.15) is 0 Å². The fraction of sp³-hybridized carbons (Fsp3) is 0.941. The van der Waals surface area contributed by atoms with Crippen molar-refractivity contribution in [3.8, 4) is 0 Å². The summed E-state index contributed by atoms with van der Waals surface area (Å²) in [6.45, 7) is 6.42. The number of aliphatic imine (C=N–C) groups is 1. The van der Waals surface area contributed by atoms with E-state index in [0.717, 1.165) is 25.6 Å². The zero-order valence-corrected chi connectivity index (χ0v) is 16.0. The van der Waals surface area contributed by atoms with Gasteiger partial charge in [-0.05, 0) is 31.6 Å². The monoisotopic (exact) mass is 359 g/mol. The average molecular weight is 360 g/mol. The summed E-state index contributed by atoms with van der Waals surface area (Å²) in [7, 11) is -2.95. The fourth-order valence-corrected chi connectivity index (χ4v) is 4.20. The standard InChI is InChI=1S/C17H33N3O3S/c1-3-18-16(19-10-12-23-13-14-24(2,21)22)20-11-9-17(15-20)7-5-4-6-8-17/h3-15H2,1-2H3,(H,18,19). The molecular weight excluding hydrogens is 326 g/mol. The summed E-state index contributed by atoms with van der Waals surface area (Å²) >= 11 is 0. The molecule has 0 bridgehead atoms. The molecule has 0 aromatic heterocycles. The van der Waals surface area contributed by atoms with Gasteiger partial charge in [0.05, 0.1) is 25.5 Å². The zero-order valence-electron chi connectivity index (χ0n) is 15.2. The van der Waals surface area contributed by atoms with Crippen molar-refractivity contribution in [3.05, 3.63) is 0 Å². The molecule has 0 radical (unpaired) electrons. The molecule has 2 aliphatic rings. The Balaban J connectivity index is 1.78. The summed E-state index contributed by atoms with van der Waals surface area (Å²) in [5.74, 6) is 1.05. The second kappa shape index (κ2) is 9.04. The van der Waals surface area contributed by atoms with Gasteiger partial charge in [-0.3, -0.25) is 4.99 Å². The Hall–Kier alpha value is -0.820. The minimum absolute atomic E-state index is 0.0748. The lowest BCUT2D eigenvalue weighted by atomic mass is 9.73. The van der Waals surface area contributed by atoms with E-state index < -0.39 is 9.84 Å². The van der Waals surface area contributed by atoms with E-state index in [4.69, 9.17) is 4.74 Å². The number of guanidine groups is 1. The third-order valence-electron chi connectivity index (χ3n) is 5.08. The minimum atomic E-state index is -2.95. The lowest BCUT2D eigenvalue weighted by Crippen LogP contribution is -2.41. The van der Waals surface area contributed by atoms with Crippen LogP contribution in [0, 0.1) is 5.41 Å². The average Bonchev–Trinajstić information content (AvgIpc) is 2.92. The molecule has 0 atom stereocenters. The van der Waals surface area contributed by atoms with Gasteiger partial charge in [0.25, 0.3) is 0 Å². The van der Waals surface area contributed by atoms with Crippen molar-refractivity contribution in [1.82, 2.24) is 10.2 Å². The van der Waals surface area contributed by atoms with E-state index in [1.807, 2.05) is 0 Å². The Kier molecular flexibility index (Phi) is 7.34. The van der Waals surface area contributed by atoms with E-state index in [-0.39, 0.29) is 12.4 Å². The molecule has 0 amide bonds. The normalized spacial score (nSPS) is 21.4. The molecule has 2 fully saturated rings. The number of hydrogen-bond donors (Lipinski definition) is 1. The molecule has 1 heterocycles. The first-order valence-electron chi connectivity index (χ1n) is 9.23. The smallest absolute Gasteiger partial charge is 0.194 e. The van der Waals surface area contributed by atoms with Crippen molar-refractivity contribution in [1.29, 1.82) is 0 Å². The van der Waals surface area contributed by atoms with Gasteiger partial charge in [-0.15, -0.1) is 0 Å². The largest absolute Gasteiger partial charge is 0.378 e. The highest BCUT2D eigenvalue weighted by molar-refractivity contribution is 7.90. The lowest BCUT2D eigenvalue weighted by molar-refractivity contribution is 0.157. The van der Waals surface area contributed by atoms with Crippen molar-refractivity contribution in [2.45, 2.75) is 45.4 Å². The van der Waals surface area contributed by atoms with Gasteiger partial charge in [0, 0.05) is 25.9 Å². The van der Waals surface area contributed by atoms with Crippen molar-refractivity contribution >= 4 is 15.8 Å². The molecule has 0 aromatic carbocycles. The molecule has 140 valence electrons. The Labute approximate surface area is 147 Å². The van der Waals surface area contributed by atoms with Crippen LogP contribution in [-0.4, -0.2) is 70.7 Å². The van der Waals surface area contributed by atoms with Crippen LogP contribution in [0.15, 0.2) is 4.99 Å². The van der Waals surface area contributed by atoms with Crippen molar-refractivity contribution in [3.63, 3.8) is 0 Å². The van der Waals surface area contributed by atoms with Gasteiger partial charge in [-0.25, -0.2) is 8.42 Å². The Bertz CT molecular complexity index is 513. The molecule has 1 aliphatic heterocycles. The Morgan fingerprint density at radius 3 is 2.62 bits per heavy atom. The summed E-state index contributed by atoms with van der Waals surface area (Å²) in [4.78, 5) is 7.06. The first-order chi connectivity index (χ1) is 11.4. The molecule has 1 spiro atoms. The Morgan fingerprint density at radius 2 is 1.96 bits per heavy atom. The van der Waals surface area contributed by atoms with Gasteiger partial charge in [0.2, 0.25) is 0 Å². The quantitative estimate of drug-likeness (QED) is 0.425. The molecular formula is C17H33N3O3S. The van der Waals surface area contributed by atoms with E-state index in [0.29, 0.717) is 18.6 Å². The van der Waals surface area contributed by atoms with Crippen LogP contribution >= 0.6 is 0 Å². The third-order valence-corrected chi connectivity index (χ3v) is 5.99. The van der Waals surface area contributed by atoms with Gasteiger partial charge in [-0.1, -0.05) is 19.3 Å². The molecule has 1 saturated heterocycles. The maximum atomic E-state index is 11.1. The van der Waals surface area contributed by atoms with Crippen LogP contribution in [0.3, 0.4) is 0 Å². The maximum Gasteiger partial charge on any atom is 0.194 e. The first-order valence-corrected chi connectivity index (χ1v) is 11.3. The number of nitrogens with zero attached hydrogens (tertiary/aromatic N) is 2.